The van der Waals surface area contributed by atoms with Crippen molar-refractivity contribution in [2.45, 2.75) is 30.6 Å². The smallest absolute Gasteiger partial charge is 0.253 e. The number of aromatic amines is 1. The van der Waals surface area contributed by atoms with Crippen molar-refractivity contribution in [3.63, 3.8) is 0 Å². The van der Waals surface area contributed by atoms with Crippen molar-refractivity contribution in [1.82, 2.24) is 20.0 Å². The van der Waals surface area contributed by atoms with Gasteiger partial charge in [0.1, 0.15) is 6.54 Å². The molecule has 4 heterocycles. The van der Waals surface area contributed by atoms with Crippen LogP contribution >= 0.6 is 15.9 Å². The highest BCUT2D eigenvalue weighted by molar-refractivity contribution is 9.10. The molecule has 3 aliphatic rings. The molecule has 0 unspecified atom stereocenters. The largest absolute Gasteiger partial charge is 0.339 e. The second kappa shape index (κ2) is 8.90. The summed E-state index contributed by atoms with van der Waals surface area (Å²) in [5.41, 5.74) is 1.93. The minimum atomic E-state index is -1.71. The van der Waals surface area contributed by atoms with Gasteiger partial charge in [-0.05, 0) is 43.2 Å². The summed E-state index contributed by atoms with van der Waals surface area (Å²) in [5.74, 6) is -0.817. The molecule has 192 valence electrons. The maximum atomic E-state index is 13.9. The molecule has 2 fully saturated rings. The number of likely N-dealkylation sites (tertiary alicyclic amines) is 2. The Hall–Kier alpha value is -3.34. The Bertz CT molecular complexity index is 1410. The van der Waals surface area contributed by atoms with Crippen LogP contribution in [-0.2, 0) is 15.0 Å². The number of carbonyl (C=O) groups is 3. The fourth-order valence-corrected chi connectivity index (χ4v) is 6.56. The molecule has 1 aromatic heterocycles. The monoisotopic (exact) mass is 571 g/mol. The number of amides is 3. The Morgan fingerprint density at radius 3 is 2.54 bits per heavy atom. The molecule has 8 nitrogen and oxygen atoms in total. The fraction of sp³-hybridized carbons (Fsp3) is 0.385. The van der Waals surface area contributed by atoms with E-state index in [1.807, 2.05) is 12.1 Å². The highest BCUT2D eigenvalue weighted by atomic mass is 79.9. The molecule has 11 heteroatoms. The van der Waals surface area contributed by atoms with Crippen LogP contribution in [0.4, 0.5) is 14.5 Å². The summed E-state index contributed by atoms with van der Waals surface area (Å²) in [6.45, 7) is -0.150. The minimum Gasteiger partial charge on any atom is -0.339 e. The maximum absolute atomic E-state index is 13.9. The number of nitrogens with zero attached hydrogens (tertiary/aromatic N) is 4. The standard InChI is InChI=1S/C26H24BrF2N5O3/c27-17-2-1-3-21-23(17)26(25(37)34(21)14-22(35)33-12-18(28)19(29)13-33)6-8-32(9-7-26)24(36)15-4-5-20-16(10-15)11-30-31-20/h1-5,10-11,18-19H,6-9,12-14H2,(H,30,31)/t18-,19+. The number of fused-ring (bicyclic) bond motifs is 3. The summed E-state index contributed by atoms with van der Waals surface area (Å²) in [6, 6.07) is 10.8. The van der Waals surface area contributed by atoms with Gasteiger partial charge in [0.25, 0.3) is 5.91 Å². The van der Waals surface area contributed by atoms with Crippen LogP contribution < -0.4 is 4.90 Å². The van der Waals surface area contributed by atoms with E-state index in [1.165, 1.54) is 4.90 Å². The van der Waals surface area contributed by atoms with Crippen LogP contribution in [0.5, 0.6) is 0 Å². The third-order valence-electron chi connectivity index (χ3n) is 7.84. The molecule has 2 atom stereocenters. The summed E-state index contributed by atoms with van der Waals surface area (Å²) < 4.78 is 28.1. The lowest BCUT2D eigenvalue weighted by Crippen LogP contribution is -2.51. The Balaban J connectivity index is 1.23. The third-order valence-corrected chi connectivity index (χ3v) is 8.50. The second-order valence-electron chi connectivity index (χ2n) is 9.90. The van der Waals surface area contributed by atoms with Crippen molar-refractivity contribution in [3.8, 4) is 0 Å². The number of H-pyrrole nitrogens is 1. The number of hydrogen-bond acceptors (Lipinski definition) is 4. The van der Waals surface area contributed by atoms with E-state index < -0.39 is 23.7 Å². The van der Waals surface area contributed by atoms with Crippen molar-refractivity contribution in [3.05, 3.63) is 58.2 Å². The number of nitrogens with one attached hydrogen (secondary N) is 1. The number of halogens is 3. The fourth-order valence-electron chi connectivity index (χ4n) is 5.82. The lowest BCUT2D eigenvalue weighted by atomic mass is 9.73. The van der Waals surface area contributed by atoms with Gasteiger partial charge in [-0.1, -0.05) is 22.0 Å². The van der Waals surface area contributed by atoms with Crippen LogP contribution in [0.15, 0.2) is 47.1 Å². The first kappa shape index (κ1) is 24.0. The number of benzene rings is 2. The average Bonchev–Trinajstić information content (AvgIpc) is 3.56. The molecule has 0 radical (unpaired) electrons. The molecule has 0 bridgehead atoms. The number of anilines is 1. The van der Waals surface area contributed by atoms with E-state index in [-0.39, 0.29) is 31.4 Å². The Kier molecular flexibility index (Phi) is 5.78. The zero-order chi connectivity index (χ0) is 25.9. The first-order valence-corrected chi connectivity index (χ1v) is 13.0. The highest BCUT2D eigenvalue weighted by Crippen LogP contribution is 2.51. The van der Waals surface area contributed by atoms with Crippen LogP contribution in [0.2, 0.25) is 0 Å². The number of alkyl halides is 2. The van der Waals surface area contributed by atoms with E-state index in [2.05, 4.69) is 26.1 Å². The molecule has 1 N–H and O–H groups in total. The van der Waals surface area contributed by atoms with Gasteiger partial charge in [0.2, 0.25) is 11.8 Å². The van der Waals surface area contributed by atoms with E-state index in [0.717, 1.165) is 25.8 Å². The van der Waals surface area contributed by atoms with Gasteiger partial charge >= 0.3 is 0 Å². The van der Waals surface area contributed by atoms with Crippen molar-refractivity contribution in [1.29, 1.82) is 0 Å². The molecule has 3 amide bonds. The molecule has 3 aliphatic heterocycles. The normalized spacial score (nSPS) is 22.8. The first-order chi connectivity index (χ1) is 17.8. The Morgan fingerprint density at radius 2 is 1.81 bits per heavy atom. The van der Waals surface area contributed by atoms with E-state index in [1.54, 1.807) is 35.4 Å². The minimum absolute atomic E-state index is 0.113. The molecule has 6 rings (SSSR count). The highest BCUT2D eigenvalue weighted by Gasteiger charge is 2.54. The predicted molar refractivity (Wildman–Crippen MR) is 136 cm³/mol. The summed E-state index contributed by atoms with van der Waals surface area (Å²) in [5, 5.41) is 7.72. The van der Waals surface area contributed by atoms with Crippen LogP contribution in [-0.4, -0.2) is 82.8 Å². The van der Waals surface area contributed by atoms with Crippen LogP contribution in [0.25, 0.3) is 10.9 Å². The van der Waals surface area contributed by atoms with Gasteiger partial charge in [0.05, 0.1) is 30.2 Å². The first-order valence-electron chi connectivity index (χ1n) is 12.2. The lowest BCUT2D eigenvalue weighted by molar-refractivity contribution is -0.132. The quantitative estimate of drug-likeness (QED) is 0.522. The van der Waals surface area contributed by atoms with Crippen molar-refractivity contribution in [2.24, 2.45) is 0 Å². The van der Waals surface area contributed by atoms with Gasteiger partial charge in [-0.3, -0.25) is 19.5 Å². The third kappa shape index (κ3) is 3.82. The van der Waals surface area contributed by atoms with Crippen LogP contribution in [0.1, 0.15) is 28.8 Å². The number of aromatic nitrogens is 2. The average molecular weight is 572 g/mol. The van der Waals surface area contributed by atoms with Gasteiger partial charge in [-0.15, -0.1) is 0 Å². The molecule has 1 spiro atoms. The summed E-state index contributed by atoms with van der Waals surface area (Å²) >= 11 is 3.60. The van der Waals surface area contributed by atoms with Gasteiger partial charge < -0.3 is 14.7 Å². The summed E-state index contributed by atoms with van der Waals surface area (Å²) in [6.07, 6.45) is -0.949. The molecule has 37 heavy (non-hydrogen) atoms. The zero-order valence-electron chi connectivity index (χ0n) is 19.8. The van der Waals surface area contributed by atoms with Gasteiger partial charge in [0, 0.05) is 39.8 Å². The number of piperidine rings is 1. The maximum Gasteiger partial charge on any atom is 0.253 e. The topological polar surface area (TPSA) is 89.6 Å². The molecular weight excluding hydrogens is 548 g/mol. The van der Waals surface area contributed by atoms with E-state index in [4.69, 9.17) is 0 Å². The molecule has 0 aliphatic carbocycles. The van der Waals surface area contributed by atoms with E-state index >= 15 is 0 Å². The number of hydrogen-bond donors (Lipinski definition) is 1. The summed E-state index contributed by atoms with van der Waals surface area (Å²) in [7, 11) is 0. The van der Waals surface area contributed by atoms with E-state index in [0.29, 0.717) is 37.2 Å². The van der Waals surface area contributed by atoms with Crippen molar-refractivity contribution in [2.75, 3.05) is 37.6 Å². The molecule has 0 saturated carbocycles. The van der Waals surface area contributed by atoms with E-state index in [9.17, 15) is 23.2 Å². The van der Waals surface area contributed by atoms with Gasteiger partial charge in [-0.2, -0.15) is 5.10 Å². The Labute approximate surface area is 219 Å². The van der Waals surface area contributed by atoms with Crippen molar-refractivity contribution < 1.29 is 23.2 Å². The Morgan fingerprint density at radius 1 is 1.08 bits per heavy atom. The van der Waals surface area contributed by atoms with Gasteiger partial charge in [0.15, 0.2) is 12.3 Å². The van der Waals surface area contributed by atoms with Crippen LogP contribution in [0, 0.1) is 0 Å². The molecule has 3 aromatic rings. The number of carbonyl (C=O) groups excluding carboxylic acids is 3. The molecular formula is C26H24BrF2N5O3. The zero-order valence-corrected chi connectivity index (χ0v) is 21.4. The van der Waals surface area contributed by atoms with Crippen LogP contribution in [0.3, 0.4) is 0 Å². The lowest BCUT2D eigenvalue weighted by Gasteiger charge is -2.39. The number of rotatable bonds is 3. The van der Waals surface area contributed by atoms with Crippen molar-refractivity contribution >= 4 is 50.2 Å². The molecule has 2 saturated heterocycles. The van der Waals surface area contributed by atoms with Gasteiger partial charge in [-0.25, -0.2) is 8.78 Å². The second-order valence-corrected chi connectivity index (χ2v) is 10.8. The molecule has 2 aromatic carbocycles. The predicted octanol–water partition coefficient (Wildman–Crippen LogP) is 3.36. The SMILES string of the molecule is O=C(CN1C(=O)C2(CCN(C(=O)c3ccc4[nH]ncc4c3)CC2)c2c(Br)cccc21)N1C[C@@H](F)[C@@H](F)C1. The summed E-state index contributed by atoms with van der Waals surface area (Å²) in [4.78, 5) is 44.4.